The number of methoxy groups -OCH3 is 1. The molecule has 0 spiro atoms. The molecule has 0 aliphatic carbocycles. The van der Waals surface area contributed by atoms with Crippen LogP contribution in [0.1, 0.15) is 11.1 Å². The summed E-state index contributed by atoms with van der Waals surface area (Å²) in [6, 6.07) is 8.87. The van der Waals surface area contributed by atoms with E-state index in [0.29, 0.717) is 22.9 Å². The van der Waals surface area contributed by atoms with Crippen molar-refractivity contribution in [3.63, 3.8) is 0 Å². The molecule has 0 radical (unpaired) electrons. The largest absolute Gasteiger partial charge is 0.497 e. The minimum atomic E-state index is 0.470. The number of aromatic nitrogens is 1. The normalized spacial score (nSPS) is 9.79. The highest BCUT2D eigenvalue weighted by atomic mass is 79.9. The summed E-state index contributed by atoms with van der Waals surface area (Å²) < 4.78 is 11.7. The fraction of sp³-hybridized carbons (Fsp3) is 0.143. The number of nitriles is 1. The van der Waals surface area contributed by atoms with Crippen molar-refractivity contribution >= 4 is 15.9 Å². The van der Waals surface area contributed by atoms with Crippen LogP contribution in [0, 0.1) is 18.3 Å². The molecule has 0 aliphatic rings. The van der Waals surface area contributed by atoms with Crippen molar-refractivity contribution in [2.45, 2.75) is 6.92 Å². The van der Waals surface area contributed by atoms with E-state index < -0.39 is 0 Å². The molecule has 1 aromatic carbocycles. The highest BCUT2D eigenvalue weighted by Crippen LogP contribution is 2.27. The molecule has 96 valence electrons. The van der Waals surface area contributed by atoms with Crippen LogP contribution in [-0.2, 0) is 0 Å². The van der Waals surface area contributed by atoms with Crippen LogP contribution in [0.15, 0.2) is 34.9 Å². The molecule has 1 aromatic heterocycles. The van der Waals surface area contributed by atoms with Crippen LogP contribution in [0.3, 0.4) is 0 Å². The van der Waals surface area contributed by atoms with Gasteiger partial charge < -0.3 is 9.47 Å². The molecule has 19 heavy (non-hydrogen) atoms. The predicted octanol–water partition coefficient (Wildman–Crippen LogP) is 3.83. The van der Waals surface area contributed by atoms with Crippen LogP contribution in [0.2, 0.25) is 0 Å². The van der Waals surface area contributed by atoms with E-state index in [-0.39, 0.29) is 0 Å². The van der Waals surface area contributed by atoms with Crippen LogP contribution in [0.25, 0.3) is 0 Å². The molecule has 5 heteroatoms. The highest BCUT2D eigenvalue weighted by molar-refractivity contribution is 9.10. The summed E-state index contributed by atoms with van der Waals surface area (Å²) in [5.41, 5.74) is 1.50. The van der Waals surface area contributed by atoms with Gasteiger partial charge in [0, 0.05) is 22.8 Å². The summed E-state index contributed by atoms with van der Waals surface area (Å²) in [5.74, 6) is 1.56. The van der Waals surface area contributed by atoms with Crippen molar-refractivity contribution in [3.8, 4) is 23.4 Å². The summed E-state index contributed by atoms with van der Waals surface area (Å²) in [7, 11) is 1.54. The van der Waals surface area contributed by atoms with Crippen molar-refractivity contribution < 1.29 is 9.47 Å². The lowest BCUT2D eigenvalue weighted by atomic mass is 10.2. The van der Waals surface area contributed by atoms with Gasteiger partial charge in [-0.2, -0.15) is 5.26 Å². The van der Waals surface area contributed by atoms with Gasteiger partial charge in [-0.05, 0) is 40.5 Å². The van der Waals surface area contributed by atoms with Gasteiger partial charge in [-0.1, -0.05) is 0 Å². The Balaban J connectivity index is 2.32. The quantitative estimate of drug-likeness (QED) is 0.863. The van der Waals surface area contributed by atoms with Crippen molar-refractivity contribution in [1.82, 2.24) is 4.98 Å². The van der Waals surface area contributed by atoms with Gasteiger partial charge in [0.05, 0.1) is 18.7 Å². The SMILES string of the molecule is COc1cc(C#N)cc(Oc2cc(C)c(Br)cn2)c1. The molecule has 0 atom stereocenters. The minimum absolute atomic E-state index is 0.470. The molecule has 0 unspecified atom stereocenters. The van der Waals surface area contributed by atoms with E-state index in [1.165, 1.54) is 0 Å². The number of pyridine rings is 1. The first-order valence-corrected chi connectivity index (χ1v) is 6.31. The number of nitrogens with zero attached hydrogens (tertiary/aromatic N) is 2. The maximum atomic E-state index is 8.95. The molecule has 0 saturated carbocycles. The molecule has 0 bridgehead atoms. The summed E-state index contributed by atoms with van der Waals surface area (Å²) in [6.45, 7) is 1.95. The smallest absolute Gasteiger partial charge is 0.219 e. The van der Waals surface area contributed by atoms with Gasteiger partial charge in [-0.3, -0.25) is 0 Å². The predicted molar refractivity (Wildman–Crippen MR) is 74.5 cm³/mol. The third-order valence-electron chi connectivity index (χ3n) is 2.49. The molecule has 0 saturated heterocycles. The van der Waals surface area contributed by atoms with E-state index >= 15 is 0 Å². The maximum absolute atomic E-state index is 8.95. The molecule has 4 nitrogen and oxygen atoms in total. The Hall–Kier alpha value is -2.06. The van der Waals surface area contributed by atoms with Gasteiger partial charge in [0.2, 0.25) is 5.88 Å². The first-order chi connectivity index (χ1) is 9.12. The molecule has 2 rings (SSSR count). The fourth-order valence-electron chi connectivity index (χ4n) is 1.50. The second-order valence-corrected chi connectivity index (χ2v) is 4.74. The third-order valence-corrected chi connectivity index (χ3v) is 3.32. The number of ether oxygens (including phenoxy) is 2. The highest BCUT2D eigenvalue weighted by Gasteiger charge is 2.05. The topological polar surface area (TPSA) is 55.1 Å². The van der Waals surface area contributed by atoms with Crippen molar-refractivity contribution in [3.05, 3.63) is 46.1 Å². The van der Waals surface area contributed by atoms with E-state index in [0.717, 1.165) is 10.0 Å². The summed E-state index contributed by atoms with van der Waals surface area (Å²) in [6.07, 6.45) is 1.68. The van der Waals surface area contributed by atoms with E-state index in [4.69, 9.17) is 14.7 Å². The van der Waals surface area contributed by atoms with Crippen LogP contribution in [0.5, 0.6) is 17.4 Å². The third kappa shape index (κ3) is 3.24. The first kappa shape index (κ1) is 13.4. The Morgan fingerprint density at radius 2 is 1.95 bits per heavy atom. The molecule has 0 amide bonds. The molecule has 2 aromatic rings. The average molecular weight is 319 g/mol. The number of hydrogen-bond acceptors (Lipinski definition) is 4. The Bertz CT molecular complexity index is 650. The van der Waals surface area contributed by atoms with Crippen molar-refractivity contribution in [2.24, 2.45) is 0 Å². The lowest BCUT2D eigenvalue weighted by Crippen LogP contribution is -1.91. The molecule has 1 heterocycles. The van der Waals surface area contributed by atoms with E-state index in [9.17, 15) is 0 Å². The molecule has 0 aliphatic heterocycles. The Morgan fingerprint density at radius 1 is 1.21 bits per heavy atom. The summed E-state index contributed by atoms with van der Waals surface area (Å²) in [4.78, 5) is 4.15. The second kappa shape index (κ2) is 5.72. The molecular formula is C14H11BrN2O2. The lowest BCUT2D eigenvalue weighted by molar-refractivity contribution is 0.407. The minimum Gasteiger partial charge on any atom is -0.497 e. The number of halogens is 1. The number of rotatable bonds is 3. The molecular weight excluding hydrogens is 308 g/mol. The van der Waals surface area contributed by atoms with Crippen LogP contribution < -0.4 is 9.47 Å². The average Bonchev–Trinajstić information content (AvgIpc) is 2.42. The standard InChI is InChI=1S/C14H11BrN2O2/c1-9-3-14(17-8-13(9)15)19-12-5-10(7-16)4-11(6-12)18-2/h3-6,8H,1-2H3. The second-order valence-electron chi connectivity index (χ2n) is 3.88. The monoisotopic (exact) mass is 318 g/mol. The first-order valence-electron chi connectivity index (χ1n) is 5.51. The van der Waals surface area contributed by atoms with Gasteiger partial charge >= 0.3 is 0 Å². The zero-order valence-corrected chi connectivity index (χ0v) is 12.1. The Labute approximate surface area is 119 Å². The van der Waals surface area contributed by atoms with Crippen molar-refractivity contribution in [2.75, 3.05) is 7.11 Å². The van der Waals surface area contributed by atoms with Gasteiger partial charge in [0.25, 0.3) is 0 Å². The summed E-state index contributed by atoms with van der Waals surface area (Å²) >= 11 is 3.38. The molecule has 0 fully saturated rings. The van der Waals surface area contributed by atoms with E-state index in [1.807, 2.05) is 13.0 Å². The number of aryl methyl sites for hydroxylation is 1. The molecule has 0 N–H and O–H groups in total. The summed E-state index contributed by atoms with van der Waals surface area (Å²) in [5, 5.41) is 8.95. The van der Waals surface area contributed by atoms with Crippen molar-refractivity contribution in [1.29, 1.82) is 5.26 Å². The Morgan fingerprint density at radius 3 is 2.58 bits per heavy atom. The lowest BCUT2D eigenvalue weighted by Gasteiger charge is -2.08. The zero-order chi connectivity index (χ0) is 13.8. The van der Waals surface area contributed by atoms with Crippen LogP contribution in [-0.4, -0.2) is 12.1 Å². The number of benzene rings is 1. The fourth-order valence-corrected chi connectivity index (χ4v) is 1.72. The van der Waals surface area contributed by atoms with Crippen LogP contribution >= 0.6 is 15.9 Å². The van der Waals surface area contributed by atoms with E-state index in [2.05, 4.69) is 27.0 Å². The van der Waals surface area contributed by atoms with Gasteiger partial charge in [-0.15, -0.1) is 0 Å². The van der Waals surface area contributed by atoms with Crippen LogP contribution in [0.4, 0.5) is 0 Å². The van der Waals surface area contributed by atoms with E-state index in [1.54, 1.807) is 31.5 Å². The van der Waals surface area contributed by atoms with Gasteiger partial charge in [0.1, 0.15) is 11.5 Å². The Kier molecular flexibility index (Phi) is 4.03. The number of hydrogen-bond donors (Lipinski definition) is 0. The van der Waals surface area contributed by atoms with Gasteiger partial charge in [0.15, 0.2) is 0 Å². The maximum Gasteiger partial charge on any atom is 0.219 e. The van der Waals surface area contributed by atoms with Gasteiger partial charge in [-0.25, -0.2) is 4.98 Å². The zero-order valence-electron chi connectivity index (χ0n) is 10.5.